The highest BCUT2D eigenvalue weighted by molar-refractivity contribution is 5.58. The van der Waals surface area contributed by atoms with Gasteiger partial charge in [-0.25, -0.2) is 0 Å². The molecule has 2 N–H and O–H groups in total. The summed E-state index contributed by atoms with van der Waals surface area (Å²) >= 11 is 0. The van der Waals surface area contributed by atoms with Crippen LogP contribution in [0.4, 0.5) is 5.69 Å². The molecule has 0 fully saturated rings. The summed E-state index contributed by atoms with van der Waals surface area (Å²) in [6.45, 7) is 1.94. The third kappa shape index (κ3) is 3.52. The summed E-state index contributed by atoms with van der Waals surface area (Å²) < 4.78 is 0. The number of anilines is 1. The van der Waals surface area contributed by atoms with Crippen LogP contribution in [0.15, 0.2) is 60.3 Å². The molecule has 108 valence electrons. The van der Waals surface area contributed by atoms with E-state index in [0.717, 1.165) is 11.1 Å². The second-order valence-corrected chi connectivity index (χ2v) is 4.83. The van der Waals surface area contributed by atoms with Crippen molar-refractivity contribution in [1.29, 1.82) is 10.5 Å². The van der Waals surface area contributed by atoms with Gasteiger partial charge in [-0.2, -0.15) is 10.5 Å². The fourth-order valence-corrected chi connectivity index (χ4v) is 2.09. The molecule has 0 aliphatic rings. The summed E-state index contributed by atoms with van der Waals surface area (Å²) in [5.74, 6) is 0. The Hall–Kier alpha value is -3.08. The van der Waals surface area contributed by atoms with E-state index in [4.69, 9.17) is 10.5 Å². The van der Waals surface area contributed by atoms with E-state index in [9.17, 15) is 5.11 Å². The Balaban J connectivity index is 2.39. The first-order valence-corrected chi connectivity index (χ1v) is 6.76. The number of nitriles is 2. The Morgan fingerprint density at radius 1 is 1.14 bits per heavy atom. The molecule has 4 nitrogen and oxygen atoms in total. The molecule has 0 heterocycles. The first kappa shape index (κ1) is 15.3. The first-order valence-electron chi connectivity index (χ1n) is 6.76. The van der Waals surface area contributed by atoms with Gasteiger partial charge in [-0.1, -0.05) is 48.0 Å². The molecule has 22 heavy (non-hydrogen) atoms. The third-order valence-corrected chi connectivity index (χ3v) is 3.23. The molecule has 2 aromatic rings. The van der Waals surface area contributed by atoms with Gasteiger partial charge in [0.2, 0.25) is 0 Å². The van der Waals surface area contributed by atoms with E-state index < -0.39 is 6.10 Å². The monoisotopic (exact) mass is 289 g/mol. The number of hydrogen-bond donors (Lipinski definition) is 2. The predicted molar refractivity (Wildman–Crippen MR) is 84.6 cm³/mol. The van der Waals surface area contributed by atoms with Crippen LogP contribution in [0, 0.1) is 29.6 Å². The highest BCUT2D eigenvalue weighted by Gasteiger charge is 2.14. The molecule has 1 unspecified atom stereocenters. The SMILES string of the molecule is Cc1ccc(NC=C(C#N)C#N)c(C(O)c2ccccc2)c1. The van der Waals surface area contributed by atoms with Crippen LogP contribution < -0.4 is 5.32 Å². The first-order chi connectivity index (χ1) is 10.7. The second kappa shape index (κ2) is 7.08. The summed E-state index contributed by atoms with van der Waals surface area (Å²) in [6, 6.07) is 18.5. The van der Waals surface area contributed by atoms with Crippen molar-refractivity contribution in [3.63, 3.8) is 0 Å². The fraction of sp³-hybridized carbons (Fsp3) is 0.111. The molecule has 0 radical (unpaired) electrons. The lowest BCUT2D eigenvalue weighted by atomic mass is 9.98. The molecule has 0 bridgehead atoms. The second-order valence-electron chi connectivity index (χ2n) is 4.83. The van der Waals surface area contributed by atoms with E-state index >= 15 is 0 Å². The Labute approximate surface area is 129 Å². The maximum atomic E-state index is 10.6. The smallest absolute Gasteiger partial charge is 0.145 e. The van der Waals surface area contributed by atoms with Gasteiger partial charge in [0, 0.05) is 17.5 Å². The minimum atomic E-state index is -0.787. The van der Waals surface area contributed by atoms with Gasteiger partial charge in [-0.15, -0.1) is 0 Å². The van der Waals surface area contributed by atoms with Crippen LogP contribution in [0.1, 0.15) is 22.8 Å². The van der Waals surface area contributed by atoms with Crippen molar-refractivity contribution < 1.29 is 5.11 Å². The predicted octanol–water partition coefficient (Wildman–Crippen LogP) is 3.42. The zero-order valence-corrected chi connectivity index (χ0v) is 12.1. The van der Waals surface area contributed by atoms with Crippen molar-refractivity contribution in [1.82, 2.24) is 0 Å². The number of hydrogen-bond acceptors (Lipinski definition) is 4. The van der Waals surface area contributed by atoms with Gasteiger partial charge in [0.05, 0.1) is 0 Å². The molecular weight excluding hydrogens is 274 g/mol. The molecule has 4 heteroatoms. The number of nitrogens with zero attached hydrogens (tertiary/aromatic N) is 2. The summed E-state index contributed by atoms with van der Waals surface area (Å²) in [7, 11) is 0. The van der Waals surface area contributed by atoms with Crippen LogP contribution in [-0.4, -0.2) is 5.11 Å². The minimum Gasteiger partial charge on any atom is -0.384 e. The summed E-state index contributed by atoms with van der Waals surface area (Å²) in [4.78, 5) is 0. The standard InChI is InChI=1S/C18H15N3O/c1-13-7-8-17(21-12-14(10-19)11-20)16(9-13)18(22)15-5-3-2-4-6-15/h2-9,12,18,21-22H,1H3. The lowest BCUT2D eigenvalue weighted by Crippen LogP contribution is -2.04. The van der Waals surface area contributed by atoms with Crippen LogP contribution in [-0.2, 0) is 0 Å². The molecule has 0 saturated carbocycles. The molecule has 0 aliphatic carbocycles. The maximum Gasteiger partial charge on any atom is 0.145 e. The van der Waals surface area contributed by atoms with Crippen LogP contribution in [0.5, 0.6) is 0 Å². The zero-order chi connectivity index (χ0) is 15.9. The Morgan fingerprint density at radius 3 is 2.45 bits per heavy atom. The normalized spacial score (nSPS) is 10.9. The molecule has 1 atom stereocenters. The number of aliphatic hydroxyl groups is 1. The molecule has 0 amide bonds. The van der Waals surface area contributed by atoms with Crippen molar-refractivity contribution >= 4 is 5.69 Å². The lowest BCUT2D eigenvalue weighted by molar-refractivity contribution is 0.221. The molecule has 0 saturated heterocycles. The van der Waals surface area contributed by atoms with E-state index in [-0.39, 0.29) is 5.57 Å². The molecule has 2 aromatic carbocycles. The summed E-state index contributed by atoms with van der Waals surface area (Å²) in [5, 5.41) is 31.1. The van der Waals surface area contributed by atoms with Crippen molar-refractivity contribution in [2.75, 3.05) is 5.32 Å². The van der Waals surface area contributed by atoms with Gasteiger partial charge >= 0.3 is 0 Å². The van der Waals surface area contributed by atoms with Crippen molar-refractivity contribution in [3.8, 4) is 12.1 Å². The van der Waals surface area contributed by atoms with Crippen molar-refractivity contribution in [2.24, 2.45) is 0 Å². The highest BCUT2D eigenvalue weighted by atomic mass is 16.3. The topological polar surface area (TPSA) is 79.8 Å². The number of rotatable bonds is 4. The van der Waals surface area contributed by atoms with Crippen LogP contribution in [0.2, 0.25) is 0 Å². The Kier molecular flexibility index (Phi) is 4.93. The van der Waals surface area contributed by atoms with E-state index in [1.807, 2.05) is 55.5 Å². The number of nitrogens with one attached hydrogen (secondary N) is 1. The van der Waals surface area contributed by atoms with E-state index in [1.165, 1.54) is 6.20 Å². The average molecular weight is 289 g/mol. The number of aryl methyl sites for hydroxylation is 1. The van der Waals surface area contributed by atoms with Crippen LogP contribution >= 0.6 is 0 Å². The zero-order valence-electron chi connectivity index (χ0n) is 12.1. The number of benzene rings is 2. The van der Waals surface area contributed by atoms with Gasteiger partial charge in [0.25, 0.3) is 0 Å². The quantitative estimate of drug-likeness (QED) is 0.845. The van der Waals surface area contributed by atoms with Gasteiger partial charge in [0.1, 0.15) is 23.8 Å². The van der Waals surface area contributed by atoms with E-state index in [0.29, 0.717) is 11.3 Å². The van der Waals surface area contributed by atoms with Crippen molar-refractivity contribution in [3.05, 3.63) is 77.0 Å². The minimum absolute atomic E-state index is 0.0271. The molecular formula is C18H15N3O. The van der Waals surface area contributed by atoms with Gasteiger partial charge < -0.3 is 10.4 Å². The fourth-order valence-electron chi connectivity index (χ4n) is 2.09. The summed E-state index contributed by atoms with van der Waals surface area (Å²) in [6.07, 6.45) is 0.552. The number of aliphatic hydroxyl groups excluding tert-OH is 1. The van der Waals surface area contributed by atoms with Gasteiger partial charge in [-0.05, 0) is 18.6 Å². The van der Waals surface area contributed by atoms with Gasteiger partial charge in [0.15, 0.2) is 0 Å². The molecule has 0 spiro atoms. The average Bonchev–Trinajstić information content (AvgIpc) is 2.57. The lowest BCUT2D eigenvalue weighted by Gasteiger charge is -2.17. The maximum absolute atomic E-state index is 10.6. The van der Waals surface area contributed by atoms with Crippen molar-refractivity contribution in [2.45, 2.75) is 13.0 Å². The summed E-state index contributed by atoms with van der Waals surface area (Å²) in [5.41, 5.74) is 3.12. The van der Waals surface area contributed by atoms with E-state index in [1.54, 1.807) is 12.1 Å². The van der Waals surface area contributed by atoms with E-state index in [2.05, 4.69) is 5.32 Å². The molecule has 0 aromatic heterocycles. The third-order valence-electron chi connectivity index (χ3n) is 3.23. The Morgan fingerprint density at radius 2 is 1.82 bits per heavy atom. The molecule has 0 aliphatic heterocycles. The van der Waals surface area contributed by atoms with Gasteiger partial charge in [-0.3, -0.25) is 0 Å². The molecule has 2 rings (SSSR count). The highest BCUT2D eigenvalue weighted by Crippen LogP contribution is 2.29. The Bertz CT molecular complexity index is 751. The number of allylic oxidation sites excluding steroid dienone is 1. The van der Waals surface area contributed by atoms with Crippen LogP contribution in [0.25, 0.3) is 0 Å². The largest absolute Gasteiger partial charge is 0.384 e. The van der Waals surface area contributed by atoms with Crippen LogP contribution in [0.3, 0.4) is 0 Å².